The summed E-state index contributed by atoms with van der Waals surface area (Å²) in [5.41, 5.74) is 0.341. The highest BCUT2D eigenvalue weighted by Crippen LogP contribution is 2.52. The molecule has 0 amide bonds. The quantitative estimate of drug-likeness (QED) is 0.495. The second-order valence-corrected chi connectivity index (χ2v) is 7.60. The van der Waals surface area contributed by atoms with E-state index >= 15 is 0 Å². The van der Waals surface area contributed by atoms with Crippen LogP contribution in [0.3, 0.4) is 0 Å². The fraction of sp³-hybridized carbons (Fsp3) is 0.750. The maximum atomic E-state index is 11.3. The van der Waals surface area contributed by atoms with Crippen molar-refractivity contribution in [3.8, 4) is 0 Å². The Kier molecular flexibility index (Phi) is 4.98. The lowest BCUT2D eigenvalue weighted by Crippen LogP contribution is -2.37. The maximum Gasteiger partial charge on any atom is 0.120 e. The van der Waals surface area contributed by atoms with Crippen molar-refractivity contribution >= 4 is 6.29 Å². The predicted molar refractivity (Wildman–Crippen MR) is 88.0 cm³/mol. The summed E-state index contributed by atoms with van der Waals surface area (Å²) < 4.78 is 0. The van der Waals surface area contributed by atoms with Crippen LogP contribution in [0.25, 0.3) is 0 Å². The molecule has 0 aliphatic heterocycles. The molecule has 1 fully saturated rings. The van der Waals surface area contributed by atoms with Gasteiger partial charge >= 0.3 is 0 Å². The Morgan fingerprint density at radius 3 is 2.14 bits per heavy atom. The van der Waals surface area contributed by atoms with Gasteiger partial charge in [0, 0.05) is 6.42 Å². The number of allylic oxidation sites excluding steroid dienone is 4. The molecule has 1 nitrogen and oxygen atoms in total. The molecule has 1 heteroatoms. The molecule has 2 atom stereocenters. The molecule has 0 spiro atoms. The average molecular weight is 286 g/mol. The molecule has 0 aromatic heterocycles. The van der Waals surface area contributed by atoms with Gasteiger partial charge in [0.25, 0.3) is 0 Å². The van der Waals surface area contributed by atoms with E-state index in [0.29, 0.717) is 5.41 Å². The zero-order chi connectivity index (χ0) is 14.5. The minimum absolute atomic E-state index is 0.341. The van der Waals surface area contributed by atoms with Gasteiger partial charge in [-0.1, -0.05) is 24.3 Å². The second-order valence-electron chi connectivity index (χ2n) is 7.60. The summed E-state index contributed by atoms with van der Waals surface area (Å²) in [5, 5.41) is 0. The zero-order valence-corrected chi connectivity index (χ0v) is 13.3. The summed E-state index contributed by atoms with van der Waals surface area (Å²) in [7, 11) is 0. The van der Waals surface area contributed by atoms with Gasteiger partial charge in [0.2, 0.25) is 0 Å². The Morgan fingerprint density at radius 1 is 0.857 bits per heavy atom. The van der Waals surface area contributed by atoms with Crippen molar-refractivity contribution in [3.05, 3.63) is 24.3 Å². The molecule has 3 aliphatic rings. The number of rotatable bonds is 4. The Morgan fingerprint density at radius 2 is 1.57 bits per heavy atom. The molecule has 0 heterocycles. The van der Waals surface area contributed by atoms with Crippen molar-refractivity contribution < 1.29 is 4.79 Å². The second kappa shape index (κ2) is 6.94. The summed E-state index contributed by atoms with van der Waals surface area (Å²) >= 11 is 0. The van der Waals surface area contributed by atoms with Crippen molar-refractivity contribution in [3.63, 3.8) is 0 Å². The van der Waals surface area contributed by atoms with Gasteiger partial charge in [-0.2, -0.15) is 0 Å². The molecule has 0 bridgehead atoms. The molecule has 3 rings (SSSR count). The first-order valence-electron chi connectivity index (χ1n) is 9.08. The lowest BCUT2D eigenvalue weighted by atomic mass is 9.58. The van der Waals surface area contributed by atoms with E-state index in [4.69, 9.17) is 0 Å². The highest BCUT2D eigenvalue weighted by atomic mass is 16.1. The normalized spacial score (nSPS) is 40.1. The van der Waals surface area contributed by atoms with E-state index in [9.17, 15) is 4.79 Å². The number of carbonyl (C=O) groups excluding carboxylic acids is 1. The van der Waals surface area contributed by atoms with Crippen LogP contribution in [0.15, 0.2) is 24.3 Å². The van der Waals surface area contributed by atoms with Gasteiger partial charge in [-0.15, -0.1) is 0 Å². The van der Waals surface area contributed by atoms with E-state index in [2.05, 4.69) is 24.3 Å². The summed E-state index contributed by atoms with van der Waals surface area (Å²) in [4.78, 5) is 11.3. The molecular formula is C20H30O. The molecule has 0 aromatic carbocycles. The molecule has 1 saturated carbocycles. The molecule has 0 radical (unpaired) electrons. The van der Waals surface area contributed by atoms with Crippen LogP contribution in [-0.2, 0) is 4.79 Å². The van der Waals surface area contributed by atoms with E-state index in [1.54, 1.807) is 0 Å². The zero-order valence-electron chi connectivity index (χ0n) is 13.3. The third-order valence-corrected chi connectivity index (χ3v) is 6.63. The molecule has 2 unspecified atom stereocenters. The smallest absolute Gasteiger partial charge is 0.120 e. The van der Waals surface area contributed by atoms with Gasteiger partial charge in [0.15, 0.2) is 0 Å². The Labute approximate surface area is 129 Å². The Balaban J connectivity index is 1.63. The molecule has 0 aromatic rings. The molecule has 3 aliphatic carbocycles. The van der Waals surface area contributed by atoms with Crippen LogP contribution in [0.1, 0.15) is 70.6 Å². The molecule has 0 N–H and O–H groups in total. The molecule has 116 valence electrons. The van der Waals surface area contributed by atoms with Gasteiger partial charge in [-0.05, 0) is 87.4 Å². The van der Waals surface area contributed by atoms with Crippen LogP contribution in [0.5, 0.6) is 0 Å². The highest BCUT2D eigenvalue weighted by molar-refractivity contribution is 5.51. The fourth-order valence-electron chi connectivity index (χ4n) is 5.23. The van der Waals surface area contributed by atoms with Crippen molar-refractivity contribution in [2.24, 2.45) is 23.2 Å². The van der Waals surface area contributed by atoms with Gasteiger partial charge in [-0.3, -0.25) is 0 Å². The summed E-state index contributed by atoms with van der Waals surface area (Å²) in [6.07, 6.45) is 24.5. The lowest BCUT2D eigenvalue weighted by molar-refractivity contribution is -0.112. The third kappa shape index (κ3) is 3.33. The minimum atomic E-state index is 0.341. The van der Waals surface area contributed by atoms with Crippen LogP contribution in [0, 0.1) is 23.2 Å². The van der Waals surface area contributed by atoms with Crippen LogP contribution >= 0.6 is 0 Å². The molecular weight excluding hydrogens is 256 g/mol. The van der Waals surface area contributed by atoms with Crippen LogP contribution in [0.2, 0.25) is 0 Å². The monoisotopic (exact) mass is 286 g/mol. The van der Waals surface area contributed by atoms with E-state index in [-0.39, 0.29) is 0 Å². The van der Waals surface area contributed by atoms with Crippen molar-refractivity contribution in [2.75, 3.05) is 0 Å². The molecule has 21 heavy (non-hydrogen) atoms. The number of hydrogen-bond donors (Lipinski definition) is 0. The first-order valence-corrected chi connectivity index (χ1v) is 9.08. The SMILES string of the molecule is O=CCC1(C2CC=CCC2)CCC(C2CC=CCC2)CC1. The first kappa shape index (κ1) is 15.1. The third-order valence-electron chi connectivity index (χ3n) is 6.63. The Hall–Kier alpha value is -0.850. The summed E-state index contributed by atoms with van der Waals surface area (Å²) in [5.74, 6) is 2.62. The number of carbonyl (C=O) groups is 1. The van der Waals surface area contributed by atoms with Gasteiger partial charge in [0.05, 0.1) is 0 Å². The van der Waals surface area contributed by atoms with Crippen molar-refractivity contribution in [1.82, 2.24) is 0 Å². The average Bonchev–Trinajstić information content (AvgIpc) is 2.57. The van der Waals surface area contributed by atoms with E-state index in [1.807, 2.05) is 0 Å². The number of aldehydes is 1. The first-order chi connectivity index (χ1) is 10.3. The molecule has 0 saturated heterocycles. The standard InChI is InChI=1S/C20H30O/c21-16-15-20(19-9-5-2-6-10-19)13-11-18(12-14-20)17-7-3-1-4-8-17/h1-3,5,16-19H,4,6-15H2. The van der Waals surface area contributed by atoms with Crippen LogP contribution in [-0.4, -0.2) is 6.29 Å². The Bertz CT molecular complexity index is 398. The van der Waals surface area contributed by atoms with Crippen molar-refractivity contribution in [2.45, 2.75) is 70.6 Å². The number of hydrogen-bond acceptors (Lipinski definition) is 1. The summed E-state index contributed by atoms with van der Waals surface area (Å²) in [6, 6.07) is 0. The predicted octanol–water partition coefficient (Wildman–Crippen LogP) is 5.46. The van der Waals surface area contributed by atoms with Gasteiger partial charge in [-0.25, -0.2) is 0 Å². The lowest BCUT2D eigenvalue weighted by Gasteiger charge is -2.47. The highest BCUT2D eigenvalue weighted by Gasteiger charge is 2.42. The fourth-order valence-corrected chi connectivity index (χ4v) is 5.23. The van der Waals surface area contributed by atoms with Crippen LogP contribution < -0.4 is 0 Å². The van der Waals surface area contributed by atoms with Gasteiger partial charge < -0.3 is 4.79 Å². The topological polar surface area (TPSA) is 17.1 Å². The largest absolute Gasteiger partial charge is 0.303 e. The summed E-state index contributed by atoms with van der Waals surface area (Å²) in [6.45, 7) is 0. The van der Waals surface area contributed by atoms with Crippen molar-refractivity contribution in [1.29, 1.82) is 0 Å². The maximum absolute atomic E-state index is 11.3. The van der Waals surface area contributed by atoms with Gasteiger partial charge in [0.1, 0.15) is 6.29 Å². The van der Waals surface area contributed by atoms with E-state index in [1.165, 1.54) is 70.5 Å². The minimum Gasteiger partial charge on any atom is -0.303 e. The van der Waals surface area contributed by atoms with E-state index in [0.717, 1.165) is 24.2 Å². The van der Waals surface area contributed by atoms with E-state index < -0.39 is 0 Å². The van der Waals surface area contributed by atoms with Crippen LogP contribution in [0.4, 0.5) is 0 Å².